The zero-order valence-electron chi connectivity index (χ0n) is 8.35. The Bertz CT molecular complexity index is 426. The second-order valence-electron chi connectivity index (χ2n) is 3.91. The van der Waals surface area contributed by atoms with Crippen molar-refractivity contribution < 1.29 is 0 Å². The summed E-state index contributed by atoms with van der Waals surface area (Å²) >= 11 is 0. The molecule has 5 heteroatoms. The summed E-state index contributed by atoms with van der Waals surface area (Å²) < 4.78 is 2.19. The van der Waals surface area contributed by atoms with Gasteiger partial charge in [0.15, 0.2) is 0 Å². The molecule has 0 aliphatic carbocycles. The molecule has 0 amide bonds. The largest absolute Gasteiger partial charge is 0.330 e. The van der Waals surface area contributed by atoms with Gasteiger partial charge in [-0.1, -0.05) is 0 Å². The summed E-state index contributed by atoms with van der Waals surface area (Å²) in [4.78, 5) is 4.21. The number of aromatic amines is 1. The van der Waals surface area contributed by atoms with Gasteiger partial charge in [0.2, 0.25) is 0 Å². The van der Waals surface area contributed by atoms with Gasteiger partial charge in [0, 0.05) is 42.7 Å². The number of aromatic nitrogens is 4. The number of nitrogens with zero attached hydrogens (tertiary/aromatic N) is 3. The van der Waals surface area contributed by atoms with E-state index in [1.54, 1.807) is 0 Å². The van der Waals surface area contributed by atoms with E-state index in [4.69, 9.17) is 0 Å². The topological polar surface area (TPSA) is 58.5 Å². The van der Waals surface area contributed by atoms with Crippen LogP contribution in [-0.4, -0.2) is 32.8 Å². The molecule has 5 nitrogen and oxygen atoms in total. The number of rotatable bonds is 3. The molecule has 1 aliphatic heterocycles. The molecule has 2 aromatic rings. The van der Waals surface area contributed by atoms with E-state index in [-0.39, 0.29) is 0 Å². The summed E-state index contributed by atoms with van der Waals surface area (Å²) in [6, 6.07) is 0. The molecule has 2 N–H and O–H groups in total. The van der Waals surface area contributed by atoms with E-state index in [1.165, 1.54) is 11.3 Å². The minimum Gasteiger partial charge on any atom is -0.330 e. The summed E-state index contributed by atoms with van der Waals surface area (Å²) in [5.74, 6) is 0.624. The lowest BCUT2D eigenvalue weighted by atomic mass is 10.00. The number of hydrogen-bond acceptors (Lipinski definition) is 3. The van der Waals surface area contributed by atoms with Gasteiger partial charge >= 0.3 is 0 Å². The maximum atomic E-state index is 4.21. The zero-order valence-corrected chi connectivity index (χ0v) is 8.35. The molecule has 0 spiro atoms. The molecule has 1 fully saturated rings. The van der Waals surface area contributed by atoms with Crippen LogP contribution in [0, 0.1) is 0 Å². The molecule has 3 rings (SSSR count). The Labute approximate surface area is 87.5 Å². The van der Waals surface area contributed by atoms with E-state index >= 15 is 0 Å². The molecule has 15 heavy (non-hydrogen) atoms. The van der Waals surface area contributed by atoms with Crippen LogP contribution in [0.15, 0.2) is 24.9 Å². The average molecular weight is 203 g/mol. The molecule has 1 saturated heterocycles. The fourth-order valence-electron chi connectivity index (χ4n) is 1.86. The van der Waals surface area contributed by atoms with Crippen LogP contribution < -0.4 is 5.32 Å². The van der Waals surface area contributed by atoms with Crippen molar-refractivity contribution in [3.63, 3.8) is 0 Å². The molecule has 0 radical (unpaired) electrons. The Morgan fingerprint density at radius 3 is 3.00 bits per heavy atom. The van der Waals surface area contributed by atoms with Crippen LogP contribution in [0.5, 0.6) is 0 Å². The Kier molecular flexibility index (Phi) is 2.03. The summed E-state index contributed by atoms with van der Waals surface area (Å²) in [5, 5.41) is 10.0. The van der Waals surface area contributed by atoms with Gasteiger partial charge in [-0.15, -0.1) is 0 Å². The van der Waals surface area contributed by atoms with Crippen molar-refractivity contribution in [3.8, 4) is 0 Å². The normalized spacial score (nSPS) is 16.5. The molecule has 3 heterocycles. The van der Waals surface area contributed by atoms with Gasteiger partial charge in [0.25, 0.3) is 0 Å². The van der Waals surface area contributed by atoms with Gasteiger partial charge in [-0.3, -0.25) is 5.10 Å². The van der Waals surface area contributed by atoms with E-state index < -0.39 is 0 Å². The van der Waals surface area contributed by atoms with Gasteiger partial charge in [-0.25, -0.2) is 4.98 Å². The minimum atomic E-state index is 0.624. The van der Waals surface area contributed by atoms with Crippen molar-refractivity contribution in [2.24, 2.45) is 0 Å². The van der Waals surface area contributed by atoms with Crippen molar-refractivity contribution in [2.45, 2.75) is 12.5 Å². The second kappa shape index (κ2) is 3.51. The van der Waals surface area contributed by atoms with Gasteiger partial charge in [-0.05, 0) is 0 Å². The van der Waals surface area contributed by atoms with E-state index in [0.717, 1.165) is 19.6 Å². The molecule has 0 aromatic carbocycles. The molecule has 0 saturated carbocycles. The van der Waals surface area contributed by atoms with Crippen LogP contribution in [0.25, 0.3) is 0 Å². The van der Waals surface area contributed by atoms with Crippen molar-refractivity contribution in [2.75, 3.05) is 13.1 Å². The first-order valence-electron chi connectivity index (χ1n) is 5.12. The highest BCUT2D eigenvalue weighted by Gasteiger charge is 2.22. The second-order valence-corrected chi connectivity index (χ2v) is 3.91. The maximum Gasteiger partial charge on any atom is 0.0951 e. The van der Waals surface area contributed by atoms with Gasteiger partial charge in [0.1, 0.15) is 0 Å². The molecule has 0 bridgehead atoms. The first kappa shape index (κ1) is 8.67. The van der Waals surface area contributed by atoms with E-state index in [0.29, 0.717) is 5.92 Å². The first-order chi connectivity index (χ1) is 7.43. The van der Waals surface area contributed by atoms with Crippen molar-refractivity contribution in [1.29, 1.82) is 0 Å². The Morgan fingerprint density at radius 1 is 1.40 bits per heavy atom. The standard InChI is InChI=1S/C10H13N5/c1-8(2-14-13-1)6-15-7-12-5-10(15)9-3-11-4-9/h1-2,5,7,9,11H,3-4,6H2,(H,13,14). The SMILES string of the molecule is c1n[nH]cc1Cn1cncc1C1CNC1. The molecular weight excluding hydrogens is 190 g/mol. The average Bonchev–Trinajstić information content (AvgIpc) is 2.76. The van der Waals surface area contributed by atoms with Crippen molar-refractivity contribution >= 4 is 0 Å². The zero-order chi connectivity index (χ0) is 10.1. The molecule has 0 unspecified atom stereocenters. The van der Waals surface area contributed by atoms with Gasteiger partial charge in [0.05, 0.1) is 19.1 Å². The van der Waals surface area contributed by atoms with Crippen LogP contribution in [0.4, 0.5) is 0 Å². The molecule has 1 aliphatic rings. The highest BCUT2D eigenvalue weighted by molar-refractivity contribution is 5.14. The summed E-state index contributed by atoms with van der Waals surface area (Å²) in [6.45, 7) is 2.98. The third-order valence-electron chi connectivity index (χ3n) is 2.85. The molecular formula is C10H13N5. The van der Waals surface area contributed by atoms with Gasteiger partial charge in [-0.2, -0.15) is 5.10 Å². The van der Waals surface area contributed by atoms with Crippen molar-refractivity contribution in [3.05, 3.63) is 36.2 Å². The van der Waals surface area contributed by atoms with E-state index in [2.05, 4.69) is 25.1 Å². The number of imidazole rings is 1. The highest BCUT2D eigenvalue weighted by atomic mass is 15.1. The quantitative estimate of drug-likeness (QED) is 0.756. The van der Waals surface area contributed by atoms with Crippen LogP contribution >= 0.6 is 0 Å². The van der Waals surface area contributed by atoms with E-state index in [9.17, 15) is 0 Å². The van der Waals surface area contributed by atoms with Crippen molar-refractivity contribution in [1.82, 2.24) is 25.1 Å². The lowest BCUT2D eigenvalue weighted by Gasteiger charge is -2.27. The monoisotopic (exact) mass is 203 g/mol. The number of nitrogens with one attached hydrogen (secondary N) is 2. The third kappa shape index (κ3) is 1.55. The fourth-order valence-corrected chi connectivity index (χ4v) is 1.86. The first-order valence-corrected chi connectivity index (χ1v) is 5.12. The van der Waals surface area contributed by atoms with Crippen LogP contribution in [0.2, 0.25) is 0 Å². The molecule has 78 valence electrons. The lowest BCUT2D eigenvalue weighted by molar-refractivity contribution is 0.427. The Hall–Kier alpha value is -1.62. The predicted octanol–water partition coefficient (Wildman–Crippen LogP) is 0.341. The predicted molar refractivity (Wildman–Crippen MR) is 55.5 cm³/mol. The lowest BCUT2D eigenvalue weighted by Crippen LogP contribution is -2.40. The number of hydrogen-bond donors (Lipinski definition) is 2. The molecule has 2 aromatic heterocycles. The fraction of sp³-hybridized carbons (Fsp3) is 0.400. The summed E-state index contributed by atoms with van der Waals surface area (Å²) in [6.07, 6.45) is 7.62. The number of H-pyrrole nitrogens is 1. The van der Waals surface area contributed by atoms with Crippen LogP contribution in [0.1, 0.15) is 17.2 Å². The maximum absolute atomic E-state index is 4.21. The summed E-state index contributed by atoms with van der Waals surface area (Å²) in [7, 11) is 0. The third-order valence-corrected chi connectivity index (χ3v) is 2.85. The Balaban J connectivity index is 1.82. The van der Waals surface area contributed by atoms with Gasteiger partial charge < -0.3 is 9.88 Å². The van der Waals surface area contributed by atoms with E-state index in [1.807, 2.05) is 24.9 Å². The van der Waals surface area contributed by atoms with Crippen LogP contribution in [0.3, 0.4) is 0 Å². The summed E-state index contributed by atoms with van der Waals surface area (Å²) in [5.41, 5.74) is 2.50. The highest BCUT2D eigenvalue weighted by Crippen LogP contribution is 2.19. The Morgan fingerprint density at radius 2 is 2.33 bits per heavy atom. The van der Waals surface area contributed by atoms with Crippen LogP contribution in [-0.2, 0) is 6.54 Å². The smallest absolute Gasteiger partial charge is 0.0951 e. The minimum absolute atomic E-state index is 0.624. The molecule has 0 atom stereocenters.